The van der Waals surface area contributed by atoms with Crippen LogP contribution >= 0.6 is 11.6 Å². The number of aliphatic carboxylic acids is 1. The van der Waals surface area contributed by atoms with Crippen molar-refractivity contribution in [2.75, 3.05) is 6.54 Å². The van der Waals surface area contributed by atoms with Gasteiger partial charge in [-0.05, 0) is 25.5 Å². The van der Waals surface area contributed by atoms with E-state index in [-0.39, 0.29) is 18.4 Å². The Labute approximate surface area is 150 Å². The lowest BCUT2D eigenvalue weighted by atomic mass is 10.0. The van der Waals surface area contributed by atoms with Gasteiger partial charge in [-0.15, -0.1) is 0 Å². The molecule has 1 aliphatic rings. The van der Waals surface area contributed by atoms with Gasteiger partial charge < -0.3 is 14.4 Å². The standard InChI is InChI=1S/C18H19ClN2O4/c1-11-12(18(23)24)8-9-21(11)17(22)7-6-16-20-10-15(25-16)13-4-2-3-5-14(13)19/h2-5,10-12H,6-9H2,1H3,(H,23,24). The fourth-order valence-electron chi connectivity index (χ4n) is 3.19. The molecule has 2 aromatic rings. The number of aromatic nitrogens is 1. The summed E-state index contributed by atoms with van der Waals surface area (Å²) in [5, 5.41) is 9.73. The molecule has 0 saturated carbocycles. The van der Waals surface area contributed by atoms with Crippen LogP contribution < -0.4 is 0 Å². The number of carboxylic acids is 1. The van der Waals surface area contributed by atoms with Crippen molar-refractivity contribution < 1.29 is 19.1 Å². The average Bonchev–Trinajstić information content (AvgIpc) is 3.20. The Morgan fingerprint density at radius 1 is 1.40 bits per heavy atom. The van der Waals surface area contributed by atoms with Gasteiger partial charge in [-0.3, -0.25) is 9.59 Å². The van der Waals surface area contributed by atoms with Crippen LogP contribution in [0.4, 0.5) is 0 Å². The van der Waals surface area contributed by atoms with E-state index in [1.807, 2.05) is 18.2 Å². The van der Waals surface area contributed by atoms with Crippen LogP contribution in [0, 0.1) is 5.92 Å². The molecule has 1 aromatic carbocycles. The summed E-state index contributed by atoms with van der Waals surface area (Å²) >= 11 is 6.14. The molecule has 132 valence electrons. The first-order valence-corrected chi connectivity index (χ1v) is 8.57. The quantitative estimate of drug-likeness (QED) is 0.882. The first-order valence-electron chi connectivity index (χ1n) is 8.19. The number of amides is 1. The lowest BCUT2D eigenvalue weighted by molar-refractivity contribution is -0.143. The van der Waals surface area contributed by atoms with E-state index in [9.17, 15) is 9.59 Å². The average molecular weight is 363 g/mol. The Kier molecular flexibility index (Phi) is 5.08. The number of carbonyl (C=O) groups excluding carboxylic acids is 1. The fraction of sp³-hybridized carbons (Fsp3) is 0.389. The van der Waals surface area contributed by atoms with Gasteiger partial charge in [-0.2, -0.15) is 0 Å². The summed E-state index contributed by atoms with van der Waals surface area (Å²) in [5.41, 5.74) is 0.756. The summed E-state index contributed by atoms with van der Waals surface area (Å²) in [6.07, 6.45) is 2.70. The predicted molar refractivity (Wildman–Crippen MR) is 92.2 cm³/mol. The molecule has 3 rings (SSSR count). The number of carboxylic acid groups (broad SMARTS) is 1. The zero-order valence-corrected chi connectivity index (χ0v) is 14.6. The zero-order valence-electron chi connectivity index (χ0n) is 13.8. The van der Waals surface area contributed by atoms with Crippen LogP contribution in [-0.2, 0) is 16.0 Å². The Balaban J connectivity index is 1.60. The predicted octanol–water partition coefficient (Wildman–Crippen LogP) is 3.25. The van der Waals surface area contributed by atoms with Crippen LogP contribution in [0.15, 0.2) is 34.9 Å². The van der Waals surface area contributed by atoms with Crippen molar-refractivity contribution in [3.05, 3.63) is 41.4 Å². The normalized spacial score (nSPS) is 20.0. The minimum Gasteiger partial charge on any atom is -0.481 e. The van der Waals surface area contributed by atoms with Crippen molar-refractivity contribution in [2.24, 2.45) is 5.92 Å². The van der Waals surface area contributed by atoms with Gasteiger partial charge in [0.1, 0.15) is 0 Å². The molecule has 6 nitrogen and oxygen atoms in total. The Hall–Kier alpha value is -2.34. The second-order valence-electron chi connectivity index (χ2n) is 6.16. The molecular weight excluding hydrogens is 344 g/mol. The summed E-state index contributed by atoms with van der Waals surface area (Å²) in [6.45, 7) is 2.26. The summed E-state index contributed by atoms with van der Waals surface area (Å²) < 4.78 is 5.69. The van der Waals surface area contributed by atoms with Gasteiger partial charge in [-0.25, -0.2) is 4.98 Å². The van der Waals surface area contributed by atoms with Crippen molar-refractivity contribution >= 4 is 23.5 Å². The molecule has 1 aliphatic heterocycles. The molecule has 0 bridgehead atoms. The van der Waals surface area contributed by atoms with Gasteiger partial charge in [0, 0.05) is 31.0 Å². The van der Waals surface area contributed by atoms with Gasteiger partial charge in [0.25, 0.3) is 0 Å². The molecule has 1 fully saturated rings. The minimum atomic E-state index is -0.847. The molecule has 1 N–H and O–H groups in total. The van der Waals surface area contributed by atoms with E-state index >= 15 is 0 Å². The third-order valence-electron chi connectivity index (χ3n) is 4.64. The number of hydrogen-bond donors (Lipinski definition) is 1. The molecule has 2 heterocycles. The van der Waals surface area contributed by atoms with E-state index in [1.54, 1.807) is 24.1 Å². The van der Waals surface area contributed by atoms with Crippen LogP contribution in [0.2, 0.25) is 5.02 Å². The highest BCUT2D eigenvalue weighted by molar-refractivity contribution is 6.33. The molecule has 1 aromatic heterocycles. The highest BCUT2D eigenvalue weighted by Crippen LogP contribution is 2.29. The van der Waals surface area contributed by atoms with Gasteiger partial charge in [0.2, 0.25) is 5.91 Å². The first kappa shape index (κ1) is 17.5. The maximum absolute atomic E-state index is 12.4. The zero-order chi connectivity index (χ0) is 18.0. The van der Waals surface area contributed by atoms with Crippen LogP contribution in [0.5, 0.6) is 0 Å². The Morgan fingerprint density at radius 2 is 2.16 bits per heavy atom. The molecule has 25 heavy (non-hydrogen) atoms. The summed E-state index contributed by atoms with van der Waals surface area (Å²) in [5.74, 6) is -0.385. The van der Waals surface area contributed by atoms with Crippen LogP contribution in [-0.4, -0.2) is 39.5 Å². The number of oxazole rings is 1. The molecule has 7 heteroatoms. The molecule has 2 atom stereocenters. The van der Waals surface area contributed by atoms with Crippen LogP contribution in [0.25, 0.3) is 11.3 Å². The molecule has 1 saturated heterocycles. The minimum absolute atomic E-state index is 0.0752. The monoisotopic (exact) mass is 362 g/mol. The van der Waals surface area contributed by atoms with E-state index in [2.05, 4.69) is 4.98 Å². The van der Waals surface area contributed by atoms with Crippen LogP contribution in [0.1, 0.15) is 25.7 Å². The van der Waals surface area contributed by atoms with Gasteiger partial charge >= 0.3 is 5.97 Å². The third kappa shape index (κ3) is 3.69. The highest BCUT2D eigenvalue weighted by Gasteiger charge is 2.37. The molecule has 2 unspecified atom stereocenters. The third-order valence-corrected chi connectivity index (χ3v) is 4.97. The number of aryl methyl sites for hydroxylation is 1. The molecule has 1 amide bonds. The van der Waals surface area contributed by atoms with E-state index in [0.29, 0.717) is 36.1 Å². The molecule has 0 aliphatic carbocycles. The van der Waals surface area contributed by atoms with E-state index in [1.165, 1.54) is 0 Å². The second kappa shape index (κ2) is 7.27. The van der Waals surface area contributed by atoms with E-state index in [0.717, 1.165) is 5.56 Å². The first-order chi connectivity index (χ1) is 12.0. The number of carbonyl (C=O) groups is 2. The van der Waals surface area contributed by atoms with E-state index in [4.69, 9.17) is 21.1 Å². The lowest BCUT2D eigenvalue weighted by Crippen LogP contribution is -2.37. The van der Waals surface area contributed by atoms with Gasteiger partial charge in [0.15, 0.2) is 11.7 Å². The maximum atomic E-state index is 12.4. The maximum Gasteiger partial charge on any atom is 0.308 e. The topological polar surface area (TPSA) is 83.6 Å². The van der Waals surface area contributed by atoms with Crippen molar-refractivity contribution in [2.45, 2.75) is 32.2 Å². The van der Waals surface area contributed by atoms with Crippen molar-refractivity contribution in [3.63, 3.8) is 0 Å². The number of nitrogens with zero attached hydrogens (tertiary/aromatic N) is 2. The SMILES string of the molecule is CC1C(C(=O)O)CCN1C(=O)CCc1ncc(-c2ccccc2Cl)o1. The van der Waals surface area contributed by atoms with Crippen molar-refractivity contribution in [3.8, 4) is 11.3 Å². The number of hydrogen-bond acceptors (Lipinski definition) is 4. The summed E-state index contributed by atoms with van der Waals surface area (Å²) in [7, 11) is 0. The fourth-order valence-corrected chi connectivity index (χ4v) is 3.42. The molecule has 0 spiro atoms. The van der Waals surface area contributed by atoms with Gasteiger partial charge in [-0.1, -0.05) is 23.7 Å². The Bertz CT molecular complexity index is 789. The largest absolute Gasteiger partial charge is 0.481 e. The lowest BCUT2D eigenvalue weighted by Gasteiger charge is -2.23. The van der Waals surface area contributed by atoms with Crippen molar-refractivity contribution in [1.29, 1.82) is 0 Å². The molecular formula is C18H19ClN2O4. The molecule has 0 radical (unpaired) electrons. The van der Waals surface area contributed by atoms with E-state index < -0.39 is 11.9 Å². The number of rotatable bonds is 5. The Morgan fingerprint density at radius 3 is 2.84 bits per heavy atom. The number of benzene rings is 1. The van der Waals surface area contributed by atoms with Crippen molar-refractivity contribution in [1.82, 2.24) is 9.88 Å². The van der Waals surface area contributed by atoms with Gasteiger partial charge in [0.05, 0.1) is 17.1 Å². The second-order valence-corrected chi connectivity index (χ2v) is 6.57. The number of likely N-dealkylation sites (tertiary alicyclic amines) is 1. The summed E-state index contributed by atoms with van der Waals surface area (Å²) in [6, 6.07) is 7.03. The van der Waals surface area contributed by atoms with Crippen LogP contribution in [0.3, 0.4) is 0 Å². The summed E-state index contributed by atoms with van der Waals surface area (Å²) in [4.78, 5) is 29.4. The smallest absolute Gasteiger partial charge is 0.308 e. The highest BCUT2D eigenvalue weighted by atomic mass is 35.5. The number of halogens is 1.